The molecule has 2 nitrogen and oxygen atoms in total. The number of rotatable bonds is 4. The minimum Gasteiger partial charge on any atom is -0.292 e. The van der Waals surface area contributed by atoms with Crippen molar-refractivity contribution in [2.75, 3.05) is 6.54 Å². The van der Waals surface area contributed by atoms with Gasteiger partial charge in [-0.2, -0.15) is 0 Å². The van der Waals surface area contributed by atoms with E-state index in [-0.39, 0.29) is 0 Å². The fourth-order valence-electron chi connectivity index (χ4n) is 8.78. The van der Waals surface area contributed by atoms with Gasteiger partial charge in [0.15, 0.2) is 0 Å². The van der Waals surface area contributed by atoms with E-state index in [0.29, 0.717) is 29.0 Å². The Labute approximate surface area is 182 Å². The quantitative estimate of drug-likeness (QED) is 0.614. The Bertz CT molecular complexity index is 926. The molecule has 7 aliphatic rings. The van der Waals surface area contributed by atoms with Gasteiger partial charge in [-0.25, -0.2) is 0 Å². The molecule has 9 rings (SSSR count). The van der Waals surface area contributed by atoms with Crippen molar-refractivity contribution in [3.05, 3.63) is 71.8 Å². The molecular weight excluding hydrogens is 364 g/mol. The Hall–Kier alpha value is -1.64. The summed E-state index contributed by atoms with van der Waals surface area (Å²) < 4.78 is 0. The van der Waals surface area contributed by atoms with E-state index in [2.05, 4.69) is 98.2 Å². The second-order valence-electron chi connectivity index (χ2n) is 11.3. The first-order chi connectivity index (χ1) is 14.4. The lowest BCUT2D eigenvalue weighted by Gasteiger charge is -2.80. The highest BCUT2D eigenvalue weighted by molar-refractivity contribution is 5.31. The van der Waals surface area contributed by atoms with E-state index < -0.39 is 0 Å². The van der Waals surface area contributed by atoms with Crippen LogP contribution in [0.1, 0.15) is 70.2 Å². The molecule has 2 saturated carbocycles. The van der Waals surface area contributed by atoms with Crippen LogP contribution in [-0.4, -0.2) is 34.5 Å². The van der Waals surface area contributed by atoms with Crippen LogP contribution in [0.5, 0.6) is 0 Å². The maximum atomic E-state index is 2.99. The second kappa shape index (κ2) is 6.43. The Kier molecular flexibility index (Phi) is 4.09. The van der Waals surface area contributed by atoms with E-state index in [1.165, 1.54) is 36.9 Å². The van der Waals surface area contributed by atoms with Crippen LogP contribution in [0.3, 0.4) is 0 Å². The van der Waals surface area contributed by atoms with E-state index in [9.17, 15) is 0 Å². The van der Waals surface area contributed by atoms with Gasteiger partial charge in [-0.3, -0.25) is 9.80 Å². The summed E-state index contributed by atoms with van der Waals surface area (Å²) in [5.41, 5.74) is 3.76. The zero-order chi connectivity index (χ0) is 20.7. The van der Waals surface area contributed by atoms with Crippen LogP contribution in [0.15, 0.2) is 60.7 Å². The van der Waals surface area contributed by atoms with Gasteiger partial charge in [0.05, 0.1) is 0 Å². The molecule has 1 unspecified atom stereocenters. The van der Waals surface area contributed by atoms with E-state index in [1.54, 1.807) is 0 Å². The smallest absolute Gasteiger partial charge is 0.0326 e. The van der Waals surface area contributed by atoms with Gasteiger partial charge < -0.3 is 0 Å². The topological polar surface area (TPSA) is 6.48 Å². The Morgan fingerprint density at radius 3 is 2.07 bits per heavy atom. The maximum absolute atomic E-state index is 2.99. The van der Waals surface area contributed by atoms with Crippen molar-refractivity contribution in [2.24, 2.45) is 16.7 Å². The van der Waals surface area contributed by atoms with Crippen LogP contribution < -0.4 is 0 Å². The van der Waals surface area contributed by atoms with E-state index in [1.807, 2.05) is 0 Å². The molecule has 2 heteroatoms. The first-order valence-corrected chi connectivity index (χ1v) is 12.1. The second-order valence-corrected chi connectivity index (χ2v) is 11.3. The lowest BCUT2D eigenvalue weighted by Crippen LogP contribution is -2.85. The highest BCUT2D eigenvalue weighted by Crippen LogP contribution is 2.70. The zero-order valence-corrected chi connectivity index (χ0v) is 19.0. The van der Waals surface area contributed by atoms with Gasteiger partial charge in [0.25, 0.3) is 0 Å². The third-order valence-corrected chi connectivity index (χ3v) is 9.63. The average molecular weight is 401 g/mol. The van der Waals surface area contributed by atoms with Gasteiger partial charge in [-0.1, -0.05) is 74.5 Å². The molecule has 2 aromatic rings. The van der Waals surface area contributed by atoms with Crippen molar-refractivity contribution in [2.45, 2.75) is 77.2 Å². The standard InChI is InChI=1S/C28H36N2/c1-19(21-11-7-5-8-12-21)29-18-27(3)17-23-24-15-16-28(4,25(23)29)26(27)30(24)20(2)22-13-9-6-10-14-22/h5-14,19-20,23-26H,15-18H2,1-4H3/t19-,20+,23+,24-,25-,26-,27?,28+/m0/s1. The molecule has 5 heterocycles. The van der Waals surface area contributed by atoms with Crippen molar-refractivity contribution < 1.29 is 0 Å². The van der Waals surface area contributed by atoms with Crippen molar-refractivity contribution in [1.82, 2.24) is 9.80 Å². The van der Waals surface area contributed by atoms with Crippen molar-refractivity contribution in [3.63, 3.8) is 0 Å². The molecule has 2 aromatic carbocycles. The van der Waals surface area contributed by atoms with Crippen molar-refractivity contribution in [1.29, 1.82) is 0 Å². The number of nitrogens with zero attached hydrogens (tertiary/aromatic N) is 2. The number of hydrogen-bond acceptors (Lipinski definition) is 2. The van der Waals surface area contributed by atoms with Crippen LogP contribution in [0.25, 0.3) is 0 Å². The van der Waals surface area contributed by atoms with Gasteiger partial charge >= 0.3 is 0 Å². The summed E-state index contributed by atoms with van der Waals surface area (Å²) in [4.78, 5) is 5.92. The molecule has 7 fully saturated rings. The first-order valence-electron chi connectivity index (χ1n) is 12.1. The number of fused-ring (bicyclic) bond motifs is 2. The molecule has 5 saturated heterocycles. The summed E-state index contributed by atoms with van der Waals surface area (Å²) in [5, 5.41) is 0. The lowest BCUT2D eigenvalue weighted by atomic mass is 9.40. The summed E-state index contributed by atoms with van der Waals surface area (Å²) in [7, 11) is 0. The predicted molar refractivity (Wildman–Crippen MR) is 123 cm³/mol. The highest BCUT2D eigenvalue weighted by atomic mass is 15.4. The minimum absolute atomic E-state index is 0.386. The van der Waals surface area contributed by atoms with Gasteiger partial charge in [-0.05, 0) is 61.0 Å². The van der Waals surface area contributed by atoms with Crippen LogP contribution >= 0.6 is 0 Å². The summed E-state index contributed by atoms with van der Waals surface area (Å²) in [6, 6.07) is 25.7. The summed E-state index contributed by atoms with van der Waals surface area (Å²) in [6.45, 7) is 11.4. The summed E-state index contributed by atoms with van der Waals surface area (Å²) in [6.07, 6.45) is 4.21. The average Bonchev–Trinajstić information content (AvgIpc) is 2.77. The van der Waals surface area contributed by atoms with Crippen molar-refractivity contribution >= 4 is 0 Å². The first kappa shape index (κ1) is 19.1. The molecule has 30 heavy (non-hydrogen) atoms. The van der Waals surface area contributed by atoms with E-state index in [4.69, 9.17) is 0 Å². The zero-order valence-electron chi connectivity index (χ0n) is 19.0. The van der Waals surface area contributed by atoms with E-state index >= 15 is 0 Å². The molecule has 2 aliphatic carbocycles. The number of benzene rings is 2. The van der Waals surface area contributed by atoms with Crippen LogP contribution in [0.4, 0.5) is 0 Å². The Morgan fingerprint density at radius 1 is 0.867 bits per heavy atom. The maximum Gasteiger partial charge on any atom is 0.0326 e. The molecule has 158 valence electrons. The normalized spacial score (nSPS) is 41.9. The molecule has 0 N–H and O–H groups in total. The minimum atomic E-state index is 0.386. The molecule has 6 bridgehead atoms. The lowest BCUT2D eigenvalue weighted by molar-refractivity contribution is -0.300. The van der Waals surface area contributed by atoms with E-state index in [0.717, 1.165) is 18.0 Å². The van der Waals surface area contributed by atoms with Gasteiger partial charge in [-0.15, -0.1) is 0 Å². The van der Waals surface area contributed by atoms with Crippen molar-refractivity contribution in [3.8, 4) is 0 Å². The van der Waals surface area contributed by atoms with Crippen LogP contribution in [0, 0.1) is 16.7 Å². The van der Waals surface area contributed by atoms with Crippen LogP contribution in [-0.2, 0) is 0 Å². The Balaban J connectivity index is 1.40. The number of piperidine rings is 5. The highest BCUT2D eigenvalue weighted by Gasteiger charge is 2.73. The third kappa shape index (κ3) is 2.38. The molecular formula is C28H36N2. The van der Waals surface area contributed by atoms with Gasteiger partial charge in [0.2, 0.25) is 0 Å². The Morgan fingerprint density at radius 2 is 1.47 bits per heavy atom. The molecule has 0 amide bonds. The monoisotopic (exact) mass is 400 g/mol. The fraction of sp³-hybridized carbons (Fsp3) is 0.571. The number of hydrogen-bond donors (Lipinski definition) is 0. The third-order valence-electron chi connectivity index (χ3n) is 9.63. The molecule has 5 aliphatic heterocycles. The predicted octanol–water partition coefficient (Wildman–Crippen LogP) is 6.07. The molecule has 0 spiro atoms. The van der Waals surface area contributed by atoms with Gasteiger partial charge in [0, 0.05) is 36.8 Å². The SMILES string of the molecule is C[C@H](c1ccccc1)N1[C@H]2CC[C@]3(C)[C@@H]4[C@@H]2CC(C)(CN4[C@@H](C)c2ccccc2)[C@H]13. The molecule has 0 aromatic heterocycles. The molecule has 8 atom stereocenters. The summed E-state index contributed by atoms with van der Waals surface area (Å²) >= 11 is 0. The largest absolute Gasteiger partial charge is 0.292 e. The van der Waals surface area contributed by atoms with Crippen LogP contribution in [0.2, 0.25) is 0 Å². The summed E-state index contributed by atoms with van der Waals surface area (Å²) in [5.74, 6) is 0.810. The fourth-order valence-corrected chi connectivity index (χ4v) is 8.78. The van der Waals surface area contributed by atoms with Gasteiger partial charge in [0.1, 0.15) is 0 Å². The molecule has 0 radical (unpaired) electrons.